The van der Waals surface area contributed by atoms with Crippen molar-refractivity contribution in [1.29, 1.82) is 0 Å². The second-order valence-corrected chi connectivity index (χ2v) is 6.20. The van der Waals surface area contributed by atoms with E-state index < -0.39 is 5.91 Å². The molecular weight excluding hydrogens is 300 g/mol. The van der Waals surface area contributed by atoms with Crippen molar-refractivity contribution < 1.29 is 14.0 Å². The Balaban J connectivity index is 1.53. The van der Waals surface area contributed by atoms with Crippen LogP contribution in [0.2, 0.25) is 0 Å². The molecule has 2 aromatic heterocycles. The van der Waals surface area contributed by atoms with Crippen LogP contribution in [0.5, 0.6) is 0 Å². The van der Waals surface area contributed by atoms with E-state index in [4.69, 9.17) is 4.42 Å². The average Bonchev–Trinajstić information content (AvgIpc) is 3.19. The Morgan fingerprint density at radius 1 is 1.23 bits per heavy atom. The number of hydrazine groups is 1. The summed E-state index contributed by atoms with van der Waals surface area (Å²) < 4.78 is 5.07. The van der Waals surface area contributed by atoms with Gasteiger partial charge in [0.15, 0.2) is 0 Å². The Hall–Kier alpha value is -2.34. The summed E-state index contributed by atoms with van der Waals surface area (Å²) in [5, 5.41) is 0. The van der Waals surface area contributed by atoms with Crippen LogP contribution in [0.1, 0.15) is 38.7 Å². The highest BCUT2D eigenvalue weighted by Crippen LogP contribution is 2.29. The monoisotopic (exact) mass is 316 g/mol. The number of aryl methyl sites for hydroxylation is 2. The second kappa shape index (κ2) is 6.62. The third kappa shape index (κ3) is 3.46. The molecule has 6 heteroatoms. The molecule has 0 radical (unpaired) electrons. The van der Waals surface area contributed by atoms with Gasteiger partial charge in [0.25, 0.3) is 11.8 Å². The Morgan fingerprint density at radius 3 is 2.86 bits per heavy atom. The number of carbonyl (C=O) groups is 2. The predicted molar refractivity (Wildman–Crippen MR) is 84.3 cm³/mol. The number of carbonyl (C=O) groups excluding carboxylic acids is 2. The van der Waals surface area contributed by atoms with E-state index in [0.29, 0.717) is 10.6 Å². The third-order valence-corrected chi connectivity index (χ3v) is 4.70. The van der Waals surface area contributed by atoms with Crippen molar-refractivity contribution in [3.63, 3.8) is 0 Å². The molecule has 2 amide bonds. The lowest BCUT2D eigenvalue weighted by atomic mass is 9.99. The molecule has 2 heterocycles. The molecule has 0 aromatic carbocycles. The van der Waals surface area contributed by atoms with Crippen molar-refractivity contribution >= 4 is 29.2 Å². The smallest absolute Gasteiger partial charge is 0.279 e. The first-order chi connectivity index (χ1) is 10.7. The molecule has 3 rings (SSSR count). The Morgan fingerprint density at radius 2 is 2.09 bits per heavy atom. The van der Waals surface area contributed by atoms with Gasteiger partial charge >= 0.3 is 0 Å². The van der Waals surface area contributed by atoms with E-state index >= 15 is 0 Å². The van der Waals surface area contributed by atoms with Gasteiger partial charge in [-0.15, -0.1) is 11.3 Å². The third-order valence-electron chi connectivity index (χ3n) is 3.46. The summed E-state index contributed by atoms with van der Waals surface area (Å²) >= 11 is 1.51. The lowest BCUT2D eigenvalue weighted by Crippen LogP contribution is -2.40. The van der Waals surface area contributed by atoms with Crippen molar-refractivity contribution in [3.05, 3.63) is 51.6 Å². The number of hydrogen-bond donors (Lipinski definition) is 2. The summed E-state index contributed by atoms with van der Waals surface area (Å²) in [5.74, 6) is -0.113. The van der Waals surface area contributed by atoms with E-state index in [1.165, 1.54) is 53.0 Å². The number of hydrogen-bond acceptors (Lipinski definition) is 4. The molecule has 22 heavy (non-hydrogen) atoms. The van der Waals surface area contributed by atoms with Gasteiger partial charge in [-0.3, -0.25) is 20.4 Å². The summed E-state index contributed by atoms with van der Waals surface area (Å²) in [5.41, 5.74) is 6.06. The molecule has 114 valence electrons. The zero-order chi connectivity index (χ0) is 15.4. The topological polar surface area (TPSA) is 71.3 Å². The van der Waals surface area contributed by atoms with Crippen LogP contribution in [0.3, 0.4) is 0 Å². The number of fused-ring (bicyclic) bond motifs is 1. The highest BCUT2D eigenvalue weighted by atomic mass is 32.1. The van der Waals surface area contributed by atoms with E-state index in [9.17, 15) is 9.59 Å². The van der Waals surface area contributed by atoms with Crippen LogP contribution in [0.15, 0.2) is 35.0 Å². The highest BCUT2D eigenvalue weighted by molar-refractivity contribution is 7.14. The second-order valence-electron chi connectivity index (χ2n) is 5.06. The molecule has 0 bridgehead atoms. The fourth-order valence-electron chi connectivity index (χ4n) is 2.37. The van der Waals surface area contributed by atoms with E-state index in [0.717, 1.165) is 12.8 Å². The summed E-state index contributed by atoms with van der Waals surface area (Å²) in [6.07, 6.45) is 8.81. The van der Waals surface area contributed by atoms with Gasteiger partial charge < -0.3 is 4.42 Å². The summed E-state index contributed by atoms with van der Waals surface area (Å²) in [6, 6.07) is 5.40. The quantitative estimate of drug-likeness (QED) is 0.675. The number of rotatable bonds is 3. The standard InChI is InChI=1S/C16H16N2O3S/c19-15(8-7-12-5-3-9-21-12)17-18-16(20)14-10-11-4-1-2-6-13(11)22-14/h3,5,7-10H,1-2,4,6H2,(H,17,19)(H,18,20)/b8-7+. The molecule has 5 nitrogen and oxygen atoms in total. The first kappa shape index (κ1) is 14.6. The molecule has 2 aromatic rings. The van der Waals surface area contributed by atoms with Gasteiger partial charge in [-0.25, -0.2) is 0 Å². The van der Waals surface area contributed by atoms with E-state index in [2.05, 4.69) is 10.9 Å². The van der Waals surface area contributed by atoms with Crippen LogP contribution < -0.4 is 10.9 Å². The van der Waals surface area contributed by atoms with Crippen LogP contribution in [0.25, 0.3) is 6.08 Å². The van der Waals surface area contributed by atoms with Crippen molar-refractivity contribution in [2.45, 2.75) is 25.7 Å². The fourth-order valence-corrected chi connectivity index (χ4v) is 3.52. The van der Waals surface area contributed by atoms with E-state index in [-0.39, 0.29) is 5.91 Å². The van der Waals surface area contributed by atoms with Crippen LogP contribution >= 0.6 is 11.3 Å². The molecule has 1 aliphatic rings. The lowest BCUT2D eigenvalue weighted by Gasteiger charge is -2.08. The van der Waals surface area contributed by atoms with Gasteiger partial charge in [-0.05, 0) is 55.5 Å². The summed E-state index contributed by atoms with van der Waals surface area (Å²) in [6.45, 7) is 0. The number of amides is 2. The number of thiophene rings is 1. The normalized spacial score (nSPS) is 13.8. The fraction of sp³-hybridized carbons (Fsp3) is 0.250. The van der Waals surface area contributed by atoms with Crippen molar-refractivity contribution in [3.8, 4) is 0 Å². The number of nitrogens with one attached hydrogen (secondary N) is 2. The van der Waals surface area contributed by atoms with E-state index in [1.54, 1.807) is 12.1 Å². The summed E-state index contributed by atoms with van der Waals surface area (Å²) in [4.78, 5) is 25.6. The molecule has 2 N–H and O–H groups in total. The molecule has 0 saturated heterocycles. The van der Waals surface area contributed by atoms with Crippen molar-refractivity contribution in [2.75, 3.05) is 0 Å². The molecule has 0 atom stereocenters. The molecule has 0 saturated carbocycles. The molecular formula is C16H16N2O3S. The molecule has 0 spiro atoms. The van der Waals surface area contributed by atoms with Gasteiger partial charge in [-0.2, -0.15) is 0 Å². The SMILES string of the molecule is O=C(/C=C/c1ccco1)NNC(=O)c1cc2c(s1)CCCC2. The van der Waals surface area contributed by atoms with E-state index in [1.807, 2.05) is 6.07 Å². The maximum Gasteiger partial charge on any atom is 0.279 e. The van der Waals surface area contributed by atoms with Gasteiger partial charge in [0, 0.05) is 11.0 Å². The first-order valence-corrected chi connectivity index (χ1v) is 7.97. The maximum absolute atomic E-state index is 12.0. The minimum atomic E-state index is -0.411. The van der Waals surface area contributed by atoms with Crippen LogP contribution in [-0.4, -0.2) is 11.8 Å². The minimum Gasteiger partial charge on any atom is -0.465 e. The largest absolute Gasteiger partial charge is 0.465 e. The van der Waals surface area contributed by atoms with Gasteiger partial charge in [-0.1, -0.05) is 0 Å². The van der Waals surface area contributed by atoms with Crippen LogP contribution in [0, 0.1) is 0 Å². The maximum atomic E-state index is 12.0. The average molecular weight is 316 g/mol. The molecule has 0 fully saturated rings. The number of furan rings is 1. The molecule has 1 aliphatic carbocycles. The van der Waals surface area contributed by atoms with Crippen molar-refractivity contribution in [2.24, 2.45) is 0 Å². The molecule has 0 aliphatic heterocycles. The first-order valence-electron chi connectivity index (χ1n) is 7.16. The van der Waals surface area contributed by atoms with Crippen LogP contribution in [-0.2, 0) is 17.6 Å². The Kier molecular flexibility index (Phi) is 4.39. The Labute approximate surface area is 132 Å². The van der Waals surface area contributed by atoms with Gasteiger partial charge in [0.1, 0.15) is 5.76 Å². The molecule has 0 unspecified atom stereocenters. The zero-order valence-corrected chi connectivity index (χ0v) is 12.7. The Bertz CT molecular complexity index is 678. The van der Waals surface area contributed by atoms with Crippen LogP contribution in [0.4, 0.5) is 0 Å². The van der Waals surface area contributed by atoms with Gasteiger partial charge in [0.2, 0.25) is 0 Å². The van der Waals surface area contributed by atoms with Crippen molar-refractivity contribution in [1.82, 2.24) is 10.9 Å². The predicted octanol–water partition coefficient (Wildman–Crippen LogP) is 2.69. The minimum absolute atomic E-state index is 0.279. The lowest BCUT2D eigenvalue weighted by molar-refractivity contribution is -0.117. The highest BCUT2D eigenvalue weighted by Gasteiger charge is 2.17. The van der Waals surface area contributed by atoms with Gasteiger partial charge in [0.05, 0.1) is 11.1 Å². The summed E-state index contributed by atoms with van der Waals surface area (Å²) in [7, 11) is 0. The zero-order valence-electron chi connectivity index (χ0n) is 11.9.